The van der Waals surface area contributed by atoms with Gasteiger partial charge in [0, 0.05) is 0 Å². The molecule has 0 amide bonds. The molecule has 0 bridgehead atoms. The van der Waals surface area contributed by atoms with Crippen molar-refractivity contribution in [3.63, 3.8) is 0 Å². The van der Waals surface area contributed by atoms with E-state index >= 15 is 0 Å². The van der Waals surface area contributed by atoms with Gasteiger partial charge in [0.1, 0.15) is 0 Å². The Balaban J connectivity index is 3.63. The number of hydrogen-bond acceptors (Lipinski definition) is 8. The number of nitrogens with one attached hydrogen (secondary N) is 2. The van der Waals surface area contributed by atoms with E-state index in [0.29, 0.717) is 0 Å². The van der Waals surface area contributed by atoms with E-state index in [1.54, 1.807) is 0 Å². The Morgan fingerprint density at radius 3 is 1.66 bits per heavy atom. The molecule has 0 aliphatic rings. The van der Waals surface area contributed by atoms with Gasteiger partial charge in [0.15, 0.2) is 0 Å². The quantitative estimate of drug-likeness (QED) is 0.311. The van der Waals surface area contributed by atoms with Gasteiger partial charge in [-0.25, -0.2) is 4.57 Å². The summed E-state index contributed by atoms with van der Waals surface area (Å²) >= 11 is 0. The molecule has 0 aliphatic carbocycles. The lowest BCUT2D eigenvalue weighted by atomic mass is 10.1. The van der Waals surface area contributed by atoms with Gasteiger partial charge in [0.05, 0.1) is 33.5 Å². The van der Waals surface area contributed by atoms with Crippen LogP contribution >= 0.6 is 7.75 Å². The molecular formula is C13H19F6N4O5P. The lowest BCUT2D eigenvalue weighted by Crippen LogP contribution is -2.70. The molecular weight excluding hydrogens is 437 g/mol. The van der Waals surface area contributed by atoms with Crippen LogP contribution in [0.3, 0.4) is 0 Å². The third-order valence-corrected chi connectivity index (χ3v) is 4.96. The maximum absolute atomic E-state index is 13.7. The highest BCUT2D eigenvalue weighted by Crippen LogP contribution is 2.53. The molecule has 0 atom stereocenters. The van der Waals surface area contributed by atoms with Crippen molar-refractivity contribution in [2.75, 3.05) is 32.8 Å². The molecule has 1 aromatic heterocycles. The van der Waals surface area contributed by atoms with Crippen molar-refractivity contribution in [3.05, 3.63) is 6.07 Å². The Labute approximate surface area is 161 Å². The van der Waals surface area contributed by atoms with Crippen LogP contribution in [0.15, 0.2) is 6.07 Å². The van der Waals surface area contributed by atoms with Crippen LogP contribution in [0.4, 0.5) is 32.3 Å². The predicted octanol–water partition coefficient (Wildman–Crippen LogP) is 3.50. The first-order valence-electron chi connectivity index (χ1n) is 7.84. The van der Waals surface area contributed by atoms with Crippen molar-refractivity contribution in [1.82, 2.24) is 15.1 Å². The normalized spacial score (nSPS) is 13.3. The number of rotatable bonds is 10. The second-order valence-electron chi connectivity index (χ2n) is 5.09. The maximum atomic E-state index is 13.7. The zero-order valence-corrected chi connectivity index (χ0v) is 16.5. The summed E-state index contributed by atoms with van der Waals surface area (Å²) in [4.78, 5) is 6.80. The fourth-order valence-electron chi connectivity index (χ4n) is 1.94. The zero-order valence-electron chi connectivity index (χ0n) is 15.6. The monoisotopic (exact) mass is 456 g/mol. The van der Waals surface area contributed by atoms with Gasteiger partial charge in [0.25, 0.3) is 5.66 Å². The molecule has 0 spiro atoms. The molecule has 0 saturated heterocycles. The first kappa shape index (κ1) is 25.2. The first-order valence-corrected chi connectivity index (χ1v) is 9.39. The molecule has 168 valence electrons. The van der Waals surface area contributed by atoms with Crippen molar-refractivity contribution in [3.8, 4) is 11.8 Å². The van der Waals surface area contributed by atoms with Gasteiger partial charge in [-0.15, -0.1) is 0 Å². The summed E-state index contributed by atoms with van der Waals surface area (Å²) in [5.41, 5.74) is -5.00. The predicted molar refractivity (Wildman–Crippen MR) is 87.6 cm³/mol. The van der Waals surface area contributed by atoms with Gasteiger partial charge in [-0.3, -0.25) is 9.05 Å². The number of methoxy groups -OCH3 is 2. The van der Waals surface area contributed by atoms with Crippen molar-refractivity contribution < 1.29 is 49.4 Å². The van der Waals surface area contributed by atoms with Crippen LogP contribution < -0.4 is 19.9 Å². The van der Waals surface area contributed by atoms with Gasteiger partial charge in [-0.1, -0.05) is 0 Å². The molecule has 9 nitrogen and oxygen atoms in total. The summed E-state index contributed by atoms with van der Waals surface area (Å²) in [6, 6.07) is 1.02. The number of alkyl halides is 6. The summed E-state index contributed by atoms with van der Waals surface area (Å²) < 4.78 is 113. The summed E-state index contributed by atoms with van der Waals surface area (Å²) in [5, 5.41) is 2.06. The van der Waals surface area contributed by atoms with Crippen LogP contribution in [0.25, 0.3) is 0 Å². The van der Waals surface area contributed by atoms with Gasteiger partial charge in [-0.05, 0) is 13.8 Å². The Bertz CT molecular complexity index is 686. The summed E-state index contributed by atoms with van der Waals surface area (Å²) in [6.45, 7) is 1.42. The van der Waals surface area contributed by atoms with Gasteiger partial charge in [0.2, 0.25) is 17.7 Å². The minimum Gasteiger partial charge on any atom is -0.481 e. The van der Waals surface area contributed by atoms with E-state index in [9.17, 15) is 30.9 Å². The van der Waals surface area contributed by atoms with Crippen molar-refractivity contribution >= 4 is 13.7 Å². The molecule has 0 aromatic carbocycles. The van der Waals surface area contributed by atoms with Gasteiger partial charge in [-0.2, -0.15) is 41.4 Å². The number of aromatic nitrogens is 2. The van der Waals surface area contributed by atoms with Gasteiger partial charge >= 0.3 is 20.1 Å². The van der Waals surface area contributed by atoms with Crippen molar-refractivity contribution in [2.45, 2.75) is 31.9 Å². The van der Waals surface area contributed by atoms with E-state index in [-0.39, 0.29) is 0 Å². The average Bonchev–Trinajstić information content (AvgIpc) is 2.59. The molecule has 29 heavy (non-hydrogen) atoms. The lowest BCUT2D eigenvalue weighted by Gasteiger charge is -2.39. The molecule has 0 radical (unpaired) electrons. The SMILES string of the molecule is CCOP(=O)(NC(Nc1nc(OC)cc(OC)n1)(C(F)(F)F)C(F)(F)F)OCC. The molecule has 0 unspecified atom stereocenters. The largest absolute Gasteiger partial charge is 0.481 e. The molecule has 1 rings (SSSR count). The smallest absolute Gasteiger partial charge is 0.434 e. The van der Waals surface area contributed by atoms with E-state index < -0.39 is 56.7 Å². The molecule has 16 heteroatoms. The van der Waals surface area contributed by atoms with E-state index in [1.807, 2.05) is 0 Å². The maximum Gasteiger partial charge on any atom is 0.434 e. The van der Waals surface area contributed by atoms with Gasteiger partial charge < -0.3 is 14.8 Å². The van der Waals surface area contributed by atoms with E-state index in [2.05, 4.69) is 19.0 Å². The summed E-state index contributed by atoms with van der Waals surface area (Å²) in [7, 11) is -2.93. The molecule has 0 aliphatic heterocycles. The number of anilines is 1. The Kier molecular flexibility index (Phi) is 8.10. The fraction of sp³-hybridized carbons (Fsp3) is 0.692. The van der Waals surface area contributed by atoms with Crippen LogP contribution in [0.5, 0.6) is 11.8 Å². The van der Waals surface area contributed by atoms with Crippen molar-refractivity contribution in [1.29, 1.82) is 0 Å². The van der Waals surface area contributed by atoms with Crippen LogP contribution in [-0.4, -0.2) is 55.4 Å². The number of nitrogens with zero attached hydrogens (tertiary/aromatic N) is 2. The van der Waals surface area contributed by atoms with E-state index in [1.165, 1.54) is 13.8 Å². The zero-order chi connectivity index (χ0) is 22.5. The standard InChI is InChI=1S/C13H19F6N4O5P/c1-5-27-29(24,28-6-2)23-11(12(14,15)16,13(17,18)19)22-10-20-8(25-3)7-9(21-10)26-4/h7H,5-6H2,1-4H3,(H,23,24)(H,20,21,22). The van der Waals surface area contributed by atoms with Crippen LogP contribution in [0.1, 0.15) is 13.8 Å². The number of hydrogen-bond donors (Lipinski definition) is 2. The lowest BCUT2D eigenvalue weighted by molar-refractivity contribution is -0.293. The Hall–Kier alpha value is -1.83. The van der Waals surface area contributed by atoms with Crippen LogP contribution in [0.2, 0.25) is 0 Å². The summed E-state index contributed by atoms with van der Waals surface area (Å²) in [6.07, 6.45) is -12.2. The third kappa shape index (κ3) is 5.84. The fourth-order valence-corrected chi connectivity index (χ4v) is 3.54. The highest BCUT2D eigenvalue weighted by atomic mass is 31.2. The Morgan fingerprint density at radius 2 is 1.34 bits per heavy atom. The molecule has 2 N–H and O–H groups in total. The molecule has 0 saturated carbocycles. The van der Waals surface area contributed by atoms with Crippen molar-refractivity contribution in [2.24, 2.45) is 0 Å². The number of ether oxygens (including phenoxy) is 2. The van der Waals surface area contributed by atoms with Crippen LogP contribution in [0, 0.1) is 0 Å². The van der Waals surface area contributed by atoms with E-state index in [4.69, 9.17) is 9.47 Å². The average molecular weight is 456 g/mol. The van der Waals surface area contributed by atoms with Crippen LogP contribution in [-0.2, 0) is 13.6 Å². The second kappa shape index (κ2) is 9.32. The third-order valence-electron chi connectivity index (χ3n) is 3.15. The molecule has 0 fully saturated rings. The Morgan fingerprint density at radius 1 is 0.931 bits per heavy atom. The second-order valence-corrected chi connectivity index (χ2v) is 6.83. The topological polar surface area (TPSA) is 104 Å². The minimum absolute atomic E-state index is 0.393. The minimum atomic E-state index is -6.10. The number of halogens is 6. The highest BCUT2D eigenvalue weighted by molar-refractivity contribution is 7.51. The summed E-state index contributed by atoms with van der Waals surface area (Å²) in [5.74, 6) is -1.96. The molecule has 1 aromatic rings. The molecule has 1 heterocycles. The first-order chi connectivity index (χ1) is 13.3. The van der Waals surface area contributed by atoms with E-state index in [0.717, 1.165) is 30.7 Å². The highest BCUT2D eigenvalue weighted by Gasteiger charge is 2.74.